The summed E-state index contributed by atoms with van der Waals surface area (Å²) in [5, 5.41) is 15.2. The van der Waals surface area contributed by atoms with Crippen LogP contribution < -0.4 is 5.32 Å². The van der Waals surface area contributed by atoms with Crippen LogP contribution in [0.1, 0.15) is 30.3 Å². The number of nitrogens with one attached hydrogen (secondary N) is 1. The molecule has 6 heteroatoms. The molecule has 0 saturated heterocycles. The minimum absolute atomic E-state index is 0.0459. The van der Waals surface area contributed by atoms with Gasteiger partial charge in [-0.05, 0) is 12.5 Å². The van der Waals surface area contributed by atoms with Gasteiger partial charge in [-0.2, -0.15) is 5.10 Å². The van der Waals surface area contributed by atoms with E-state index in [1.807, 2.05) is 6.92 Å². The Kier molecular flexibility index (Phi) is 4.50. The largest absolute Gasteiger partial charge is 0.481 e. The Labute approximate surface area is 93.3 Å². The standard InChI is InChI=1S/C10H15N3O3/c1-2-5-11-10(16)8-3-6-12-13(8)7-4-9(14)15/h3,6H,2,4-5,7H2,1H3,(H,11,16)(H,14,15). The predicted octanol–water partition coefficient (Wildman–Crippen LogP) is 0.498. The smallest absolute Gasteiger partial charge is 0.305 e. The van der Waals surface area contributed by atoms with E-state index in [0.717, 1.165) is 6.42 Å². The number of nitrogens with zero attached hydrogens (tertiary/aromatic N) is 2. The van der Waals surface area contributed by atoms with Gasteiger partial charge in [0.05, 0.1) is 13.0 Å². The first-order valence-electron chi connectivity index (χ1n) is 5.17. The normalized spacial score (nSPS) is 10.1. The third-order valence-corrected chi connectivity index (χ3v) is 2.02. The van der Waals surface area contributed by atoms with Crippen molar-refractivity contribution in [3.63, 3.8) is 0 Å². The summed E-state index contributed by atoms with van der Waals surface area (Å²) in [5.41, 5.74) is 0.398. The molecule has 88 valence electrons. The highest BCUT2D eigenvalue weighted by Crippen LogP contribution is 2.00. The van der Waals surface area contributed by atoms with Gasteiger partial charge in [-0.3, -0.25) is 14.3 Å². The van der Waals surface area contributed by atoms with Gasteiger partial charge in [-0.1, -0.05) is 6.92 Å². The van der Waals surface area contributed by atoms with Crippen molar-refractivity contribution in [3.8, 4) is 0 Å². The fraction of sp³-hybridized carbons (Fsp3) is 0.500. The van der Waals surface area contributed by atoms with Crippen LogP contribution in [0, 0.1) is 0 Å². The molecule has 0 aromatic carbocycles. The summed E-state index contributed by atoms with van der Waals surface area (Å²) in [7, 11) is 0. The summed E-state index contributed by atoms with van der Waals surface area (Å²) >= 11 is 0. The Balaban J connectivity index is 2.62. The third kappa shape index (κ3) is 3.38. The van der Waals surface area contributed by atoms with Crippen LogP contribution in [0.25, 0.3) is 0 Å². The molecule has 0 fully saturated rings. The molecule has 1 heterocycles. The average Bonchev–Trinajstić information content (AvgIpc) is 2.71. The van der Waals surface area contributed by atoms with Crippen LogP contribution in [-0.2, 0) is 11.3 Å². The topological polar surface area (TPSA) is 84.2 Å². The van der Waals surface area contributed by atoms with E-state index < -0.39 is 5.97 Å². The molecular formula is C10H15N3O3. The number of rotatable bonds is 6. The molecule has 0 unspecified atom stereocenters. The molecule has 6 nitrogen and oxygen atoms in total. The lowest BCUT2D eigenvalue weighted by Crippen LogP contribution is -2.27. The lowest BCUT2D eigenvalue weighted by atomic mass is 10.3. The van der Waals surface area contributed by atoms with Gasteiger partial charge in [0.1, 0.15) is 5.69 Å². The zero-order valence-electron chi connectivity index (χ0n) is 9.14. The molecule has 0 radical (unpaired) electrons. The predicted molar refractivity (Wildman–Crippen MR) is 57.1 cm³/mol. The fourth-order valence-corrected chi connectivity index (χ4v) is 1.23. The van der Waals surface area contributed by atoms with E-state index in [4.69, 9.17) is 5.11 Å². The number of carbonyl (C=O) groups is 2. The maximum atomic E-state index is 11.6. The number of hydrogen-bond donors (Lipinski definition) is 2. The summed E-state index contributed by atoms with van der Waals surface area (Å²) in [6, 6.07) is 1.58. The molecule has 1 aromatic heterocycles. The van der Waals surface area contributed by atoms with Gasteiger partial charge in [0, 0.05) is 12.7 Å². The monoisotopic (exact) mass is 225 g/mol. The van der Waals surface area contributed by atoms with Crippen LogP contribution in [0.4, 0.5) is 0 Å². The van der Waals surface area contributed by atoms with Gasteiger partial charge >= 0.3 is 5.97 Å². The van der Waals surface area contributed by atoms with Crippen molar-refractivity contribution in [3.05, 3.63) is 18.0 Å². The maximum Gasteiger partial charge on any atom is 0.305 e. The summed E-state index contributed by atoms with van der Waals surface area (Å²) in [6.45, 7) is 2.77. The molecule has 0 saturated carbocycles. The van der Waals surface area contributed by atoms with Crippen LogP contribution in [0.2, 0.25) is 0 Å². The van der Waals surface area contributed by atoms with Crippen LogP contribution in [0.3, 0.4) is 0 Å². The van der Waals surface area contributed by atoms with Crippen molar-refractivity contribution in [1.29, 1.82) is 0 Å². The Hall–Kier alpha value is -1.85. The van der Waals surface area contributed by atoms with Gasteiger partial charge in [-0.15, -0.1) is 0 Å². The van der Waals surface area contributed by atoms with Gasteiger partial charge in [0.15, 0.2) is 0 Å². The van der Waals surface area contributed by atoms with E-state index in [1.54, 1.807) is 6.07 Å². The number of amides is 1. The number of carboxylic acids is 1. The van der Waals surface area contributed by atoms with Gasteiger partial charge in [-0.25, -0.2) is 0 Å². The minimum atomic E-state index is -0.907. The zero-order chi connectivity index (χ0) is 12.0. The van der Waals surface area contributed by atoms with Gasteiger partial charge in [0.2, 0.25) is 0 Å². The van der Waals surface area contributed by atoms with E-state index in [9.17, 15) is 9.59 Å². The summed E-state index contributed by atoms with van der Waals surface area (Å²) < 4.78 is 1.40. The van der Waals surface area contributed by atoms with Crippen LogP contribution in [0.5, 0.6) is 0 Å². The molecule has 1 aromatic rings. The number of aryl methyl sites for hydroxylation is 1. The fourth-order valence-electron chi connectivity index (χ4n) is 1.23. The Morgan fingerprint density at radius 2 is 2.31 bits per heavy atom. The highest BCUT2D eigenvalue weighted by Gasteiger charge is 2.11. The molecule has 0 atom stereocenters. The second kappa shape index (κ2) is 5.89. The van der Waals surface area contributed by atoms with E-state index in [2.05, 4.69) is 10.4 Å². The molecular weight excluding hydrogens is 210 g/mol. The summed E-state index contributed by atoms with van der Waals surface area (Å²) in [6.07, 6.45) is 2.30. The van der Waals surface area contributed by atoms with E-state index in [-0.39, 0.29) is 18.9 Å². The molecule has 0 aliphatic carbocycles. The first kappa shape index (κ1) is 12.2. The quantitative estimate of drug-likeness (QED) is 0.738. The van der Waals surface area contributed by atoms with Crippen molar-refractivity contribution in [2.24, 2.45) is 0 Å². The number of carbonyl (C=O) groups excluding carboxylic acids is 1. The molecule has 0 bridgehead atoms. The third-order valence-electron chi connectivity index (χ3n) is 2.02. The van der Waals surface area contributed by atoms with Crippen molar-refractivity contribution in [1.82, 2.24) is 15.1 Å². The lowest BCUT2D eigenvalue weighted by molar-refractivity contribution is -0.137. The summed E-state index contributed by atoms with van der Waals surface area (Å²) in [4.78, 5) is 22.0. The zero-order valence-corrected chi connectivity index (χ0v) is 9.14. The second-order valence-corrected chi connectivity index (χ2v) is 3.34. The summed E-state index contributed by atoms with van der Waals surface area (Å²) in [5.74, 6) is -1.12. The first-order chi connectivity index (χ1) is 7.65. The first-order valence-corrected chi connectivity index (χ1v) is 5.17. The highest BCUT2D eigenvalue weighted by atomic mass is 16.4. The maximum absolute atomic E-state index is 11.6. The van der Waals surface area contributed by atoms with Gasteiger partial charge in [0.25, 0.3) is 5.91 Å². The number of hydrogen-bond acceptors (Lipinski definition) is 3. The van der Waals surface area contributed by atoms with Crippen molar-refractivity contribution in [2.75, 3.05) is 6.54 Å². The number of aromatic nitrogens is 2. The minimum Gasteiger partial charge on any atom is -0.481 e. The van der Waals surface area contributed by atoms with Crippen LogP contribution in [-0.4, -0.2) is 33.3 Å². The molecule has 0 spiro atoms. The molecule has 0 aliphatic rings. The van der Waals surface area contributed by atoms with E-state index >= 15 is 0 Å². The van der Waals surface area contributed by atoms with Gasteiger partial charge < -0.3 is 10.4 Å². The molecule has 16 heavy (non-hydrogen) atoms. The average molecular weight is 225 g/mol. The van der Waals surface area contributed by atoms with Crippen LogP contribution >= 0.6 is 0 Å². The van der Waals surface area contributed by atoms with Crippen molar-refractivity contribution >= 4 is 11.9 Å². The Morgan fingerprint density at radius 1 is 1.56 bits per heavy atom. The van der Waals surface area contributed by atoms with E-state index in [1.165, 1.54) is 10.9 Å². The second-order valence-electron chi connectivity index (χ2n) is 3.34. The Bertz CT molecular complexity index is 373. The molecule has 1 rings (SSSR count). The Morgan fingerprint density at radius 3 is 2.94 bits per heavy atom. The van der Waals surface area contributed by atoms with Crippen molar-refractivity contribution in [2.45, 2.75) is 26.3 Å². The number of carboxylic acid groups (broad SMARTS) is 1. The lowest BCUT2D eigenvalue weighted by Gasteiger charge is -2.06. The van der Waals surface area contributed by atoms with Crippen LogP contribution in [0.15, 0.2) is 12.3 Å². The number of aliphatic carboxylic acids is 1. The SMILES string of the molecule is CCCNC(=O)c1ccnn1CCC(=O)O. The van der Waals surface area contributed by atoms with Crippen molar-refractivity contribution < 1.29 is 14.7 Å². The van der Waals surface area contributed by atoms with E-state index in [0.29, 0.717) is 12.2 Å². The molecule has 0 aliphatic heterocycles. The molecule has 1 amide bonds. The molecule has 2 N–H and O–H groups in total. The highest BCUT2D eigenvalue weighted by molar-refractivity contribution is 5.92.